The van der Waals surface area contributed by atoms with E-state index in [0.717, 1.165) is 36.1 Å². The van der Waals surface area contributed by atoms with E-state index in [9.17, 15) is 19.5 Å². The van der Waals surface area contributed by atoms with Crippen LogP contribution in [0.5, 0.6) is 0 Å². The lowest BCUT2D eigenvalue weighted by molar-refractivity contribution is -0.141. The summed E-state index contributed by atoms with van der Waals surface area (Å²) >= 11 is 1.45. The second kappa shape index (κ2) is 7.95. The Morgan fingerprint density at radius 3 is 2.56 bits per heavy atom. The summed E-state index contributed by atoms with van der Waals surface area (Å²) in [6.07, 6.45) is 4.25. The minimum absolute atomic E-state index is 0.123. The Balaban J connectivity index is 1.66. The SMILES string of the molecule is COC(=O)c1c(NC(=O)CN2CCC(O)(C(N)=O)CC2)sc2c1CCCC2. The van der Waals surface area contributed by atoms with Gasteiger partial charge >= 0.3 is 5.97 Å². The minimum Gasteiger partial charge on any atom is -0.465 e. The van der Waals surface area contributed by atoms with Crippen LogP contribution in [-0.4, -0.2) is 60.1 Å². The van der Waals surface area contributed by atoms with Crippen molar-refractivity contribution in [2.45, 2.75) is 44.1 Å². The average Bonchev–Trinajstić information content (AvgIpc) is 3.00. The van der Waals surface area contributed by atoms with Gasteiger partial charge < -0.3 is 20.9 Å². The summed E-state index contributed by atoms with van der Waals surface area (Å²) in [7, 11) is 1.34. The number of hydrogen-bond donors (Lipinski definition) is 3. The third-order valence-corrected chi connectivity index (χ3v) is 6.53. The van der Waals surface area contributed by atoms with Gasteiger partial charge in [0.05, 0.1) is 19.2 Å². The maximum Gasteiger partial charge on any atom is 0.341 e. The number of esters is 1. The number of hydrogen-bond acceptors (Lipinski definition) is 7. The summed E-state index contributed by atoms with van der Waals surface area (Å²) in [4.78, 5) is 39.0. The number of rotatable bonds is 5. The Morgan fingerprint density at radius 1 is 1.26 bits per heavy atom. The molecule has 0 aromatic carbocycles. The molecule has 0 unspecified atom stereocenters. The standard InChI is InChI=1S/C18H25N3O5S/c1-26-16(23)14-11-4-2-3-5-12(11)27-15(14)20-13(22)10-21-8-6-18(25,7-9-21)17(19)24/h25H,2-10H2,1H3,(H2,19,24)(H,20,22). The maximum absolute atomic E-state index is 12.5. The number of carbonyl (C=O) groups excluding carboxylic acids is 3. The highest BCUT2D eigenvalue weighted by Gasteiger charge is 2.38. The lowest BCUT2D eigenvalue weighted by Gasteiger charge is -2.35. The van der Waals surface area contributed by atoms with Crippen molar-refractivity contribution in [2.75, 3.05) is 32.1 Å². The van der Waals surface area contributed by atoms with E-state index in [1.54, 1.807) is 0 Å². The number of nitrogens with one attached hydrogen (secondary N) is 1. The molecule has 1 aromatic heterocycles. The molecule has 1 saturated heterocycles. The van der Waals surface area contributed by atoms with E-state index in [-0.39, 0.29) is 25.3 Å². The van der Waals surface area contributed by atoms with Crippen LogP contribution in [0.3, 0.4) is 0 Å². The van der Waals surface area contributed by atoms with Crippen molar-refractivity contribution < 1.29 is 24.2 Å². The summed E-state index contributed by atoms with van der Waals surface area (Å²) in [5, 5.41) is 13.5. The number of nitrogens with two attached hydrogens (primary N) is 1. The number of aliphatic hydroxyl groups is 1. The van der Waals surface area contributed by atoms with Crippen molar-refractivity contribution >= 4 is 34.1 Å². The predicted octanol–water partition coefficient (Wildman–Crippen LogP) is 0.664. The molecule has 3 rings (SSSR count). The molecular weight excluding hydrogens is 370 g/mol. The molecule has 148 valence electrons. The van der Waals surface area contributed by atoms with Gasteiger partial charge in [-0.3, -0.25) is 14.5 Å². The molecule has 0 spiro atoms. The number of anilines is 1. The van der Waals surface area contributed by atoms with Crippen molar-refractivity contribution in [3.63, 3.8) is 0 Å². The lowest BCUT2D eigenvalue weighted by Crippen LogP contribution is -2.53. The molecule has 9 heteroatoms. The lowest BCUT2D eigenvalue weighted by atomic mass is 9.91. The van der Waals surface area contributed by atoms with Gasteiger partial charge in [-0.2, -0.15) is 0 Å². The van der Waals surface area contributed by atoms with E-state index in [4.69, 9.17) is 10.5 Å². The maximum atomic E-state index is 12.5. The first kappa shape index (κ1) is 19.8. The molecule has 2 heterocycles. The molecule has 4 N–H and O–H groups in total. The Morgan fingerprint density at radius 2 is 1.93 bits per heavy atom. The van der Waals surface area contributed by atoms with Gasteiger partial charge in [-0.05, 0) is 44.1 Å². The monoisotopic (exact) mass is 395 g/mol. The number of aryl methyl sites for hydroxylation is 1. The zero-order chi connectivity index (χ0) is 19.6. The molecule has 0 atom stereocenters. The third kappa shape index (κ3) is 4.15. The molecule has 0 saturated carbocycles. The summed E-state index contributed by atoms with van der Waals surface area (Å²) in [5.41, 5.74) is 5.22. The third-order valence-electron chi connectivity index (χ3n) is 5.32. The number of fused-ring (bicyclic) bond motifs is 1. The van der Waals surface area contributed by atoms with E-state index in [1.165, 1.54) is 18.4 Å². The van der Waals surface area contributed by atoms with Gasteiger partial charge in [0.25, 0.3) is 0 Å². The molecule has 1 aliphatic carbocycles. The van der Waals surface area contributed by atoms with E-state index in [1.807, 2.05) is 4.90 Å². The van der Waals surface area contributed by atoms with Crippen molar-refractivity contribution in [1.82, 2.24) is 4.90 Å². The van der Waals surface area contributed by atoms with E-state index >= 15 is 0 Å². The molecule has 27 heavy (non-hydrogen) atoms. The van der Waals surface area contributed by atoms with E-state index in [2.05, 4.69) is 5.32 Å². The molecule has 1 fully saturated rings. The van der Waals surface area contributed by atoms with Gasteiger partial charge in [-0.25, -0.2) is 4.79 Å². The van der Waals surface area contributed by atoms with Crippen LogP contribution in [0, 0.1) is 0 Å². The summed E-state index contributed by atoms with van der Waals surface area (Å²) in [5.74, 6) is -1.38. The number of amides is 2. The van der Waals surface area contributed by atoms with Crippen LogP contribution in [-0.2, 0) is 27.2 Å². The van der Waals surface area contributed by atoms with Gasteiger partial charge in [0.2, 0.25) is 11.8 Å². The molecule has 0 radical (unpaired) electrons. The fourth-order valence-corrected chi connectivity index (χ4v) is 4.96. The number of thiophene rings is 1. The number of carbonyl (C=O) groups is 3. The van der Waals surface area contributed by atoms with Gasteiger partial charge in [-0.1, -0.05) is 0 Å². The number of nitrogens with zero attached hydrogens (tertiary/aromatic N) is 1. The number of methoxy groups -OCH3 is 1. The summed E-state index contributed by atoms with van der Waals surface area (Å²) < 4.78 is 4.91. The summed E-state index contributed by atoms with van der Waals surface area (Å²) in [6.45, 7) is 0.924. The highest BCUT2D eigenvalue weighted by atomic mass is 32.1. The largest absolute Gasteiger partial charge is 0.465 e. The first-order chi connectivity index (χ1) is 12.8. The molecule has 1 aliphatic heterocycles. The van der Waals surface area contributed by atoms with Crippen molar-refractivity contribution in [2.24, 2.45) is 5.73 Å². The first-order valence-electron chi connectivity index (χ1n) is 9.11. The van der Waals surface area contributed by atoms with Gasteiger partial charge in [0.1, 0.15) is 10.6 Å². The van der Waals surface area contributed by atoms with Crippen LogP contribution < -0.4 is 11.1 Å². The van der Waals surface area contributed by atoms with E-state index < -0.39 is 17.5 Å². The van der Waals surface area contributed by atoms with Crippen LogP contribution in [0.15, 0.2) is 0 Å². The Hall–Kier alpha value is -1.97. The molecular formula is C18H25N3O5S. The van der Waals surface area contributed by atoms with Gasteiger partial charge in [0, 0.05) is 18.0 Å². The molecule has 1 aromatic rings. The average molecular weight is 395 g/mol. The highest BCUT2D eigenvalue weighted by molar-refractivity contribution is 7.17. The van der Waals surface area contributed by atoms with Crippen LogP contribution in [0.25, 0.3) is 0 Å². The number of piperidine rings is 1. The van der Waals surface area contributed by atoms with Crippen LogP contribution in [0.1, 0.15) is 46.5 Å². The van der Waals surface area contributed by atoms with Crippen molar-refractivity contribution in [3.8, 4) is 0 Å². The zero-order valence-corrected chi connectivity index (χ0v) is 16.2. The fourth-order valence-electron chi connectivity index (χ4n) is 3.67. The van der Waals surface area contributed by atoms with Crippen LogP contribution >= 0.6 is 11.3 Å². The Bertz CT molecular complexity index is 752. The molecule has 2 aliphatic rings. The number of ether oxygens (including phenoxy) is 1. The zero-order valence-electron chi connectivity index (χ0n) is 15.4. The molecule has 0 bridgehead atoms. The molecule has 2 amide bonds. The quantitative estimate of drug-likeness (QED) is 0.630. The fraction of sp³-hybridized carbons (Fsp3) is 0.611. The predicted molar refractivity (Wildman–Crippen MR) is 101 cm³/mol. The Labute approximate surface area is 161 Å². The second-order valence-corrected chi connectivity index (χ2v) is 8.23. The topological polar surface area (TPSA) is 122 Å². The van der Waals surface area contributed by atoms with Crippen LogP contribution in [0.2, 0.25) is 0 Å². The summed E-state index contributed by atoms with van der Waals surface area (Å²) in [6, 6.07) is 0. The highest BCUT2D eigenvalue weighted by Crippen LogP contribution is 2.38. The molecule has 8 nitrogen and oxygen atoms in total. The van der Waals surface area contributed by atoms with E-state index in [0.29, 0.717) is 23.7 Å². The number of likely N-dealkylation sites (tertiary alicyclic amines) is 1. The normalized spacial score (nSPS) is 19.2. The minimum atomic E-state index is -1.49. The number of primary amides is 1. The van der Waals surface area contributed by atoms with Crippen molar-refractivity contribution in [3.05, 3.63) is 16.0 Å². The smallest absolute Gasteiger partial charge is 0.341 e. The first-order valence-corrected chi connectivity index (χ1v) is 9.93. The second-order valence-electron chi connectivity index (χ2n) is 7.13. The van der Waals surface area contributed by atoms with Crippen molar-refractivity contribution in [1.29, 1.82) is 0 Å². The van der Waals surface area contributed by atoms with Gasteiger partial charge in [-0.15, -0.1) is 11.3 Å². The van der Waals surface area contributed by atoms with Crippen LogP contribution in [0.4, 0.5) is 5.00 Å². The Kier molecular flexibility index (Phi) is 5.83. The van der Waals surface area contributed by atoms with Gasteiger partial charge in [0.15, 0.2) is 0 Å².